The molecule has 1 aliphatic rings. The van der Waals surface area contributed by atoms with Gasteiger partial charge in [0.1, 0.15) is 6.04 Å². The fourth-order valence-corrected chi connectivity index (χ4v) is 4.50. The molecule has 1 N–H and O–H groups in total. The van der Waals surface area contributed by atoms with E-state index in [4.69, 9.17) is 4.74 Å². The van der Waals surface area contributed by atoms with E-state index in [1.54, 1.807) is 13.8 Å². The van der Waals surface area contributed by atoms with E-state index in [1.807, 2.05) is 24.3 Å². The quantitative estimate of drug-likeness (QED) is 0.492. The summed E-state index contributed by atoms with van der Waals surface area (Å²) in [5.41, 5.74) is 1.08. The number of anilines is 1. The van der Waals surface area contributed by atoms with Gasteiger partial charge in [-0.25, -0.2) is 0 Å². The first-order valence-corrected chi connectivity index (χ1v) is 10.6. The van der Waals surface area contributed by atoms with Crippen LogP contribution in [0.25, 0.3) is 0 Å². The van der Waals surface area contributed by atoms with E-state index in [0.29, 0.717) is 26.2 Å². The molecular weight excluding hydrogens is 457 g/mol. The topological polar surface area (TPSA) is 78.9 Å². The number of hydrogen-bond acceptors (Lipinski definition) is 5. The van der Waals surface area contributed by atoms with E-state index >= 15 is 0 Å². The molecule has 0 aromatic heterocycles. The van der Waals surface area contributed by atoms with Gasteiger partial charge < -0.3 is 9.64 Å². The van der Waals surface area contributed by atoms with Crippen LogP contribution in [0.2, 0.25) is 0 Å². The highest BCUT2D eigenvalue weighted by molar-refractivity contribution is 14.1. The first-order chi connectivity index (χ1) is 11.7. The van der Waals surface area contributed by atoms with Crippen LogP contribution < -0.4 is 9.62 Å². The Balaban J connectivity index is 2.00. The molecule has 1 aromatic rings. The van der Waals surface area contributed by atoms with Crippen molar-refractivity contribution in [2.24, 2.45) is 5.92 Å². The van der Waals surface area contributed by atoms with E-state index in [0.717, 1.165) is 9.26 Å². The van der Waals surface area contributed by atoms with Crippen LogP contribution in [-0.4, -0.2) is 58.0 Å². The molecule has 1 heterocycles. The standard InChI is InChI=1S/C16H24IN3O4S/c1-12(2)15(16(21)24-3)18-25(22,23)20-10-8-19(9-11-20)14-6-4-13(17)5-7-14/h4-7,12,15,18H,8-11H2,1-3H3/t15-/m1/s1. The minimum absolute atomic E-state index is 0.199. The molecule has 2 rings (SSSR count). The fourth-order valence-electron chi connectivity index (χ4n) is 2.66. The van der Waals surface area contributed by atoms with Crippen LogP contribution in [0.5, 0.6) is 0 Å². The highest BCUT2D eigenvalue weighted by atomic mass is 127. The summed E-state index contributed by atoms with van der Waals surface area (Å²) in [7, 11) is -2.48. The largest absolute Gasteiger partial charge is 0.468 e. The third-order valence-corrected chi connectivity index (χ3v) is 6.48. The number of nitrogens with one attached hydrogen (secondary N) is 1. The Kier molecular flexibility index (Phi) is 7.06. The number of benzene rings is 1. The van der Waals surface area contributed by atoms with Crippen molar-refractivity contribution in [1.82, 2.24) is 9.03 Å². The zero-order chi connectivity index (χ0) is 18.6. The van der Waals surface area contributed by atoms with E-state index < -0.39 is 22.2 Å². The predicted octanol–water partition coefficient (Wildman–Crippen LogP) is 1.45. The molecule has 9 heteroatoms. The SMILES string of the molecule is COC(=O)[C@H](NS(=O)(=O)N1CCN(c2ccc(I)cc2)CC1)C(C)C. The summed E-state index contributed by atoms with van der Waals surface area (Å²) in [6.07, 6.45) is 0. The zero-order valence-corrected chi connectivity index (χ0v) is 17.6. The molecule has 25 heavy (non-hydrogen) atoms. The molecular formula is C16H24IN3O4S. The van der Waals surface area contributed by atoms with Crippen molar-refractivity contribution in [2.75, 3.05) is 38.2 Å². The van der Waals surface area contributed by atoms with Gasteiger partial charge in [-0.3, -0.25) is 4.79 Å². The van der Waals surface area contributed by atoms with Crippen molar-refractivity contribution in [1.29, 1.82) is 0 Å². The number of piperazine rings is 1. The van der Waals surface area contributed by atoms with Crippen LogP contribution in [0, 0.1) is 9.49 Å². The maximum Gasteiger partial charge on any atom is 0.324 e. The number of hydrogen-bond donors (Lipinski definition) is 1. The first kappa shape index (κ1) is 20.4. The Hall–Kier alpha value is -0.910. The number of rotatable bonds is 6. The Bertz CT molecular complexity index is 686. The molecule has 0 bridgehead atoms. The normalized spacial score (nSPS) is 17.6. The lowest BCUT2D eigenvalue weighted by atomic mass is 10.1. The average Bonchev–Trinajstić information content (AvgIpc) is 2.59. The summed E-state index contributed by atoms with van der Waals surface area (Å²) in [4.78, 5) is 14.0. The Morgan fingerprint density at radius 2 is 1.72 bits per heavy atom. The minimum Gasteiger partial charge on any atom is -0.468 e. The number of carbonyl (C=O) groups excluding carboxylic acids is 1. The Labute approximate surface area is 163 Å². The molecule has 0 unspecified atom stereocenters. The number of nitrogens with zero attached hydrogens (tertiary/aromatic N) is 2. The van der Waals surface area contributed by atoms with E-state index in [1.165, 1.54) is 11.4 Å². The number of methoxy groups -OCH3 is 1. The van der Waals surface area contributed by atoms with Gasteiger partial charge in [-0.1, -0.05) is 13.8 Å². The molecule has 1 fully saturated rings. The van der Waals surface area contributed by atoms with Crippen molar-refractivity contribution >= 4 is 44.5 Å². The van der Waals surface area contributed by atoms with Gasteiger partial charge in [0.25, 0.3) is 10.2 Å². The molecule has 7 nitrogen and oxygen atoms in total. The Morgan fingerprint density at radius 1 is 1.16 bits per heavy atom. The van der Waals surface area contributed by atoms with Crippen LogP contribution in [0.4, 0.5) is 5.69 Å². The van der Waals surface area contributed by atoms with Crippen molar-refractivity contribution < 1.29 is 17.9 Å². The molecule has 140 valence electrons. The molecule has 0 aliphatic carbocycles. The molecule has 1 atom stereocenters. The lowest BCUT2D eigenvalue weighted by Gasteiger charge is -2.36. The van der Waals surface area contributed by atoms with Gasteiger partial charge >= 0.3 is 5.97 Å². The van der Waals surface area contributed by atoms with Gasteiger partial charge in [-0.05, 0) is 52.8 Å². The third-order valence-electron chi connectivity index (χ3n) is 4.17. The molecule has 0 saturated carbocycles. The third kappa shape index (κ3) is 5.28. The average molecular weight is 481 g/mol. The second-order valence-corrected chi connectivity index (χ2v) is 9.18. The second kappa shape index (κ2) is 8.65. The number of halogens is 1. The van der Waals surface area contributed by atoms with E-state index in [-0.39, 0.29) is 5.92 Å². The smallest absolute Gasteiger partial charge is 0.324 e. The van der Waals surface area contributed by atoms with Crippen molar-refractivity contribution in [3.05, 3.63) is 27.8 Å². The Morgan fingerprint density at radius 3 is 2.20 bits per heavy atom. The van der Waals surface area contributed by atoms with Crippen molar-refractivity contribution in [3.63, 3.8) is 0 Å². The van der Waals surface area contributed by atoms with Gasteiger partial charge in [0.05, 0.1) is 7.11 Å². The van der Waals surface area contributed by atoms with E-state index in [9.17, 15) is 13.2 Å². The van der Waals surface area contributed by atoms with Crippen LogP contribution in [0.15, 0.2) is 24.3 Å². The monoisotopic (exact) mass is 481 g/mol. The maximum atomic E-state index is 12.6. The van der Waals surface area contributed by atoms with Crippen molar-refractivity contribution in [2.45, 2.75) is 19.9 Å². The summed E-state index contributed by atoms with van der Waals surface area (Å²) in [6.45, 7) is 5.50. The molecule has 1 aliphatic heterocycles. The minimum atomic E-state index is -3.74. The zero-order valence-electron chi connectivity index (χ0n) is 14.6. The lowest BCUT2D eigenvalue weighted by Crippen LogP contribution is -2.56. The molecule has 0 amide bonds. The van der Waals surface area contributed by atoms with Crippen LogP contribution in [0.3, 0.4) is 0 Å². The first-order valence-electron chi connectivity index (χ1n) is 8.10. The summed E-state index contributed by atoms with van der Waals surface area (Å²) in [5, 5.41) is 0. The number of ether oxygens (including phenoxy) is 1. The van der Waals surface area contributed by atoms with Gasteiger partial charge in [0.2, 0.25) is 0 Å². The molecule has 1 aromatic carbocycles. The number of esters is 1. The van der Waals surface area contributed by atoms with Crippen molar-refractivity contribution in [3.8, 4) is 0 Å². The predicted molar refractivity (Wildman–Crippen MR) is 106 cm³/mol. The lowest BCUT2D eigenvalue weighted by molar-refractivity contribution is -0.143. The summed E-state index contributed by atoms with van der Waals surface area (Å²) in [6, 6.07) is 7.25. The molecule has 0 radical (unpaired) electrons. The fraction of sp³-hybridized carbons (Fsp3) is 0.562. The van der Waals surface area contributed by atoms with E-state index in [2.05, 4.69) is 32.2 Å². The van der Waals surface area contributed by atoms with Crippen LogP contribution in [-0.2, 0) is 19.7 Å². The van der Waals surface area contributed by atoms with Crippen LogP contribution >= 0.6 is 22.6 Å². The summed E-state index contributed by atoms with van der Waals surface area (Å²) in [5.74, 6) is -0.772. The van der Waals surface area contributed by atoms with Crippen LogP contribution in [0.1, 0.15) is 13.8 Å². The van der Waals surface area contributed by atoms with Gasteiger partial charge in [-0.2, -0.15) is 17.4 Å². The summed E-state index contributed by atoms with van der Waals surface area (Å²) >= 11 is 2.25. The highest BCUT2D eigenvalue weighted by Gasteiger charge is 2.33. The number of carbonyl (C=O) groups is 1. The second-order valence-electron chi connectivity index (χ2n) is 6.23. The van der Waals surface area contributed by atoms with Gasteiger partial charge in [-0.15, -0.1) is 0 Å². The highest BCUT2D eigenvalue weighted by Crippen LogP contribution is 2.19. The summed E-state index contributed by atoms with van der Waals surface area (Å²) < 4.78 is 34.9. The van der Waals surface area contributed by atoms with Gasteiger partial charge in [0, 0.05) is 35.4 Å². The molecule has 0 spiro atoms. The maximum absolute atomic E-state index is 12.6. The molecule has 1 saturated heterocycles. The van der Waals surface area contributed by atoms with Gasteiger partial charge in [0.15, 0.2) is 0 Å².